The topological polar surface area (TPSA) is 89.9 Å². The molecule has 30 heavy (non-hydrogen) atoms. The predicted molar refractivity (Wildman–Crippen MR) is 119 cm³/mol. The smallest absolute Gasteiger partial charge is 0.314 e. The number of pyridine rings is 1. The second-order valence-electron chi connectivity index (χ2n) is 7.47. The van der Waals surface area contributed by atoms with Crippen LogP contribution in [-0.4, -0.2) is 37.1 Å². The van der Waals surface area contributed by atoms with Crippen LogP contribution >= 0.6 is 0 Å². The molecule has 4 rings (SSSR count). The highest BCUT2D eigenvalue weighted by Gasteiger charge is 2.22. The van der Waals surface area contributed by atoms with E-state index in [1.807, 2.05) is 42.1 Å². The zero-order valence-corrected chi connectivity index (χ0v) is 17.4. The lowest BCUT2D eigenvalue weighted by molar-refractivity contribution is -0.670. The normalized spacial score (nSPS) is 11.2. The Kier molecular flexibility index (Phi) is 5.27. The zero-order chi connectivity index (χ0) is 21.3. The number of amides is 3. The Bertz CT molecular complexity index is 1280. The molecule has 0 radical (unpaired) electrons. The molecule has 7 nitrogen and oxygen atoms in total. The average Bonchev–Trinajstić information content (AvgIpc) is 3.13. The highest BCUT2D eigenvalue weighted by molar-refractivity contribution is 6.24. The summed E-state index contributed by atoms with van der Waals surface area (Å²) in [5, 5.41) is 12.4. The number of rotatable bonds is 5. The predicted octanol–water partition coefficient (Wildman–Crippen LogP) is 2.66. The van der Waals surface area contributed by atoms with Crippen LogP contribution in [0.2, 0.25) is 0 Å². The molecule has 154 valence electrons. The van der Waals surface area contributed by atoms with Gasteiger partial charge in [0.1, 0.15) is 7.05 Å². The number of carbonyl (C=O) groups excluding carboxylic acids is 2. The summed E-state index contributed by atoms with van der Waals surface area (Å²) in [5.41, 5.74) is 3.68. The quantitative estimate of drug-likeness (QED) is 0.304. The molecule has 2 aromatic heterocycles. The number of para-hydroxylation sites is 1. The Morgan fingerprint density at radius 2 is 1.80 bits per heavy atom. The Balaban J connectivity index is 1.76. The maximum atomic E-state index is 13.3. The van der Waals surface area contributed by atoms with Gasteiger partial charge in [-0.05, 0) is 25.0 Å². The van der Waals surface area contributed by atoms with E-state index in [2.05, 4.69) is 40.1 Å². The first-order valence-electron chi connectivity index (χ1n) is 10.1. The molecular weight excluding hydrogens is 378 g/mol. The van der Waals surface area contributed by atoms with Gasteiger partial charge in [0.05, 0.1) is 16.5 Å². The van der Waals surface area contributed by atoms with Gasteiger partial charge in [0, 0.05) is 47.9 Å². The van der Waals surface area contributed by atoms with E-state index in [9.17, 15) is 9.59 Å². The second kappa shape index (κ2) is 8.02. The number of urea groups is 1. The van der Waals surface area contributed by atoms with Crippen molar-refractivity contribution in [1.29, 1.82) is 0 Å². The highest BCUT2D eigenvalue weighted by atomic mass is 16.2. The third kappa shape index (κ3) is 3.43. The van der Waals surface area contributed by atoms with Crippen molar-refractivity contribution in [1.82, 2.24) is 20.9 Å². The minimum absolute atomic E-state index is 0.120. The molecule has 0 aliphatic heterocycles. The maximum Gasteiger partial charge on any atom is 0.314 e. The van der Waals surface area contributed by atoms with Gasteiger partial charge in [-0.1, -0.05) is 18.2 Å². The van der Waals surface area contributed by atoms with Crippen LogP contribution < -0.4 is 20.5 Å². The summed E-state index contributed by atoms with van der Waals surface area (Å²) in [4.78, 5) is 28.0. The van der Waals surface area contributed by atoms with Crippen molar-refractivity contribution in [2.45, 2.75) is 13.3 Å². The van der Waals surface area contributed by atoms with E-state index in [0.29, 0.717) is 25.1 Å². The average molecular weight is 404 g/mol. The van der Waals surface area contributed by atoms with Crippen LogP contribution in [0.3, 0.4) is 0 Å². The van der Waals surface area contributed by atoms with Gasteiger partial charge in [-0.15, -0.1) is 0 Å². The first-order chi connectivity index (χ1) is 14.5. The number of aryl methyl sites for hydroxylation is 2. The van der Waals surface area contributed by atoms with Crippen molar-refractivity contribution < 1.29 is 14.2 Å². The number of fused-ring (bicyclic) bond motifs is 4. The first-order valence-corrected chi connectivity index (χ1v) is 10.1. The van der Waals surface area contributed by atoms with Crippen LogP contribution in [0.25, 0.3) is 32.6 Å². The molecule has 0 atom stereocenters. The zero-order valence-electron chi connectivity index (χ0n) is 17.4. The molecule has 0 bridgehead atoms. The molecule has 2 aromatic carbocycles. The van der Waals surface area contributed by atoms with Gasteiger partial charge in [-0.25, -0.2) is 9.36 Å². The number of aromatic nitrogens is 2. The fraction of sp³-hybridized carbons (Fsp3) is 0.261. The number of carbonyl (C=O) groups is 2. The minimum atomic E-state index is -0.224. The monoisotopic (exact) mass is 404 g/mol. The van der Waals surface area contributed by atoms with Gasteiger partial charge in [-0.2, -0.15) is 0 Å². The minimum Gasteiger partial charge on any atom is -0.354 e. The summed E-state index contributed by atoms with van der Waals surface area (Å²) in [6.45, 7) is 3.07. The van der Waals surface area contributed by atoms with Crippen LogP contribution in [0.15, 0.2) is 42.7 Å². The number of hydrogen-bond donors (Lipinski definition) is 4. The fourth-order valence-corrected chi connectivity index (χ4v) is 4.01. The molecule has 0 aliphatic carbocycles. The van der Waals surface area contributed by atoms with E-state index in [1.54, 1.807) is 7.05 Å². The molecule has 3 amide bonds. The molecular formula is C23H26N5O2+. The third-order valence-electron chi connectivity index (χ3n) is 5.48. The van der Waals surface area contributed by atoms with Crippen LogP contribution in [0.4, 0.5) is 4.79 Å². The lowest BCUT2D eigenvalue weighted by Crippen LogP contribution is -2.35. The van der Waals surface area contributed by atoms with E-state index in [0.717, 1.165) is 38.1 Å². The SMILES string of the molecule is CNC(=O)NCCCNC(=O)c1c2cc[n+](C)cc2c(C)c2c1[nH]c1ccccc12. The Hall–Kier alpha value is -3.61. The summed E-state index contributed by atoms with van der Waals surface area (Å²) >= 11 is 0. The molecule has 0 aliphatic rings. The van der Waals surface area contributed by atoms with E-state index >= 15 is 0 Å². The third-order valence-corrected chi connectivity index (χ3v) is 5.48. The summed E-state index contributed by atoms with van der Waals surface area (Å²) in [6, 6.07) is 9.90. The molecule has 4 N–H and O–H groups in total. The van der Waals surface area contributed by atoms with E-state index in [-0.39, 0.29) is 11.9 Å². The molecule has 0 spiro atoms. The Labute approximate surface area is 174 Å². The van der Waals surface area contributed by atoms with E-state index in [1.165, 1.54) is 0 Å². The number of benzene rings is 2. The fourth-order valence-electron chi connectivity index (χ4n) is 4.01. The number of nitrogens with one attached hydrogen (secondary N) is 4. The Morgan fingerprint density at radius 3 is 2.60 bits per heavy atom. The number of nitrogens with zero attached hydrogens (tertiary/aromatic N) is 1. The summed E-state index contributed by atoms with van der Waals surface area (Å²) < 4.78 is 2.00. The van der Waals surface area contributed by atoms with Crippen LogP contribution in [0, 0.1) is 6.92 Å². The van der Waals surface area contributed by atoms with E-state index < -0.39 is 0 Å². The first kappa shape index (κ1) is 19.7. The Morgan fingerprint density at radius 1 is 1.03 bits per heavy atom. The highest BCUT2D eigenvalue weighted by Crippen LogP contribution is 2.36. The molecule has 4 aromatic rings. The number of hydrogen-bond acceptors (Lipinski definition) is 2. The lowest BCUT2D eigenvalue weighted by Gasteiger charge is -2.12. The van der Waals surface area contributed by atoms with Crippen LogP contribution in [0.1, 0.15) is 22.3 Å². The standard InChI is InChI=1S/C23H25N5O2/c1-14-17-13-28(3)12-9-15(17)20(22(29)25-10-6-11-26-23(30)24-2)21-19(14)16-7-4-5-8-18(16)27-21/h4-5,7-9,12-13H,6,10-11H2,1-3H3,(H3,24,25,26,29,30)/p+1. The molecule has 0 unspecified atom stereocenters. The van der Waals surface area contributed by atoms with Gasteiger partial charge in [0.15, 0.2) is 12.4 Å². The second-order valence-corrected chi connectivity index (χ2v) is 7.47. The van der Waals surface area contributed by atoms with Crippen LogP contribution in [0.5, 0.6) is 0 Å². The van der Waals surface area contributed by atoms with Crippen molar-refractivity contribution in [2.24, 2.45) is 7.05 Å². The molecule has 7 heteroatoms. The summed E-state index contributed by atoms with van der Waals surface area (Å²) in [7, 11) is 3.56. The van der Waals surface area contributed by atoms with Crippen LogP contribution in [-0.2, 0) is 7.05 Å². The molecule has 2 heterocycles. The number of aromatic amines is 1. The number of H-pyrrole nitrogens is 1. The van der Waals surface area contributed by atoms with Gasteiger partial charge < -0.3 is 20.9 Å². The summed E-state index contributed by atoms with van der Waals surface area (Å²) in [5.74, 6) is -0.120. The largest absolute Gasteiger partial charge is 0.354 e. The summed E-state index contributed by atoms with van der Waals surface area (Å²) in [6.07, 6.45) is 4.67. The van der Waals surface area contributed by atoms with Crippen molar-refractivity contribution >= 4 is 44.5 Å². The van der Waals surface area contributed by atoms with Crippen molar-refractivity contribution in [3.05, 3.63) is 53.9 Å². The van der Waals surface area contributed by atoms with Gasteiger partial charge >= 0.3 is 6.03 Å². The molecule has 0 saturated heterocycles. The maximum absolute atomic E-state index is 13.3. The van der Waals surface area contributed by atoms with Crippen molar-refractivity contribution in [3.63, 3.8) is 0 Å². The van der Waals surface area contributed by atoms with Gasteiger partial charge in [0.2, 0.25) is 0 Å². The lowest BCUT2D eigenvalue weighted by atomic mass is 9.95. The van der Waals surface area contributed by atoms with E-state index in [4.69, 9.17) is 0 Å². The van der Waals surface area contributed by atoms with Gasteiger partial charge in [0.25, 0.3) is 5.91 Å². The van der Waals surface area contributed by atoms with Gasteiger partial charge in [-0.3, -0.25) is 4.79 Å². The molecule has 0 saturated carbocycles. The van der Waals surface area contributed by atoms with Crippen molar-refractivity contribution in [3.8, 4) is 0 Å². The molecule has 0 fully saturated rings. The van der Waals surface area contributed by atoms with Crippen molar-refractivity contribution in [2.75, 3.05) is 20.1 Å².